The number of carbonyl (C=O) groups excluding carboxylic acids is 17. The lowest BCUT2D eigenvalue weighted by molar-refractivity contribution is -0.143. The quantitative estimate of drug-likeness (QED) is 0.0112. The van der Waals surface area contributed by atoms with Crippen molar-refractivity contribution in [2.24, 2.45) is 33.7 Å². The van der Waals surface area contributed by atoms with Crippen molar-refractivity contribution in [1.29, 1.82) is 0 Å². The molecule has 10 unspecified atom stereocenters. The molecule has 17 amide bonds. The van der Waals surface area contributed by atoms with E-state index in [2.05, 4.69) is 94.4 Å². The number of para-hydroxylation sites is 1. The highest BCUT2D eigenvalue weighted by atomic mass is 16.5. The Hall–Kier alpha value is -14.4. The van der Waals surface area contributed by atoms with Gasteiger partial charge in [0.25, 0.3) is 0 Å². The number of unbranched alkanes of at least 4 members (excludes halogenated alkanes) is 12. The van der Waals surface area contributed by atoms with E-state index in [1.54, 1.807) is 36.5 Å². The summed E-state index contributed by atoms with van der Waals surface area (Å²) in [5.74, 6) is -17.1. The number of nitrogens with two attached hydrogens (primary N) is 5. The molecule has 2 fully saturated rings. The van der Waals surface area contributed by atoms with Crippen molar-refractivity contribution in [1.82, 2.24) is 99.2 Å². The first-order valence-corrected chi connectivity index (χ1v) is 49.9. The third kappa shape index (κ3) is 50.1. The van der Waals surface area contributed by atoms with Crippen molar-refractivity contribution < 1.29 is 131 Å². The molecule has 2 aromatic carbocycles. The normalized spacial score (nSPS) is 18.0. The number of imidazole rings is 1. The van der Waals surface area contributed by atoms with Crippen LogP contribution >= 0.6 is 0 Å². The van der Waals surface area contributed by atoms with Crippen LogP contribution in [0.25, 0.3) is 10.9 Å². The summed E-state index contributed by atoms with van der Waals surface area (Å²) in [7, 11) is 1.33. The van der Waals surface area contributed by atoms with E-state index < -0.39 is 238 Å². The number of nitrogens with zero attached hydrogens (tertiary/aromatic N) is 4. The fourth-order valence-corrected chi connectivity index (χ4v) is 15.9. The second-order valence-corrected chi connectivity index (χ2v) is 36.0. The van der Waals surface area contributed by atoms with E-state index in [0.717, 1.165) is 78.5 Å². The van der Waals surface area contributed by atoms with Gasteiger partial charge in [0.1, 0.15) is 67.0 Å². The summed E-state index contributed by atoms with van der Waals surface area (Å²) in [6.45, 7) is -2.76. The molecule has 4 heterocycles. The number of aromatic amines is 2. The predicted molar refractivity (Wildman–Crippen MR) is 535 cm³/mol. The van der Waals surface area contributed by atoms with Crippen LogP contribution in [0.4, 0.5) is 0 Å². The first-order chi connectivity index (χ1) is 70.8. The highest BCUT2D eigenvalue weighted by Crippen LogP contribution is 2.24. The number of primary amides is 2. The summed E-state index contributed by atoms with van der Waals surface area (Å²) in [5, 5.41) is 84.1. The van der Waals surface area contributed by atoms with Crippen LogP contribution in [0, 0.1) is 0 Å². The fourth-order valence-electron chi connectivity index (χ4n) is 15.9. The first-order valence-electron chi connectivity index (χ1n) is 49.9. The number of nitrogens with one attached hydrogen (secondary N) is 16. The highest BCUT2D eigenvalue weighted by molar-refractivity contribution is 6.00. The molecule has 0 aliphatic carbocycles. The molecule has 0 bridgehead atoms. The van der Waals surface area contributed by atoms with E-state index in [1.165, 1.54) is 38.8 Å². The Balaban J connectivity index is 0.000000546. The van der Waals surface area contributed by atoms with Crippen LogP contribution in [0.15, 0.2) is 78.3 Å². The molecule has 12 atom stereocenters. The van der Waals surface area contributed by atoms with E-state index >= 15 is 0 Å². The minimum absolute atomic E-state index is 0.00196. The second-order valence-electron chi connectivity index (χ2n) is 36.0. The van der Waals surface area contributed by atoms with Crippen LogP contribution in [0.5, 0.6) is 0 Å². The van der Waals surface area contributed by atoms with Gasteiger partial charge in [-0.05, 0) is 81.4 Å². The number of guanidine groups is 1. The van der Waals surface area contributed by atoms with Gasteiger partial charge in [0.2, 0.25) is 100 Å². The lowest BCUT2D eigenvalue weighted by Crippen LogP contribution is -2.61. The van der Waals surface area contributed by atoms with Crippen molar-refractivity contribution in [2.75, 3.05) is 99.0 Å². The lowest BCUT2D eigenvalue weighted by Gasteiger charge is -2.29. The highest BCUT2D eigenvalue weighted by Gasteiger charge is 2.43. The zero-order valence-electron chi connectivity index (χ0n) is 83.9. The molecule has 820 valence electrons. The molecule has 148 heavy (non-hydrogen) atoms. The molecule has 0 radical (unpaired) electrons. The van der Waals surface area contributed by atoms with Gasteiger partial charge in [0.15, 0.2) is 5.96 Å². The van der Waals surface area contributed by atoms with Gasteiger partial charge in [0, 0.05) is 120 Å². The summed E-state index contributed by atoms with van der Waals surface area (Å²) in [4.78, 5) is 275. The van der Waals surface area contributed by atoms with Crippen molar-refractivity contribution >= 4 is 135 Å². The van der Waals surface area contributed by atoms with E-state index in [0.29, 0.717) is 43.2 Å². The maximum absolute atomic E-state index is 14.4. The number of aliphatic imine (C=N–C) groups is 1. The number of H-pyrrole nitrogens is 2. The van der Waals surface area contributed by atoms with Crippen LogP contribution in [-0.4, -0.2) is 346 Å². The number of aromatic nitrogens is 3. The smallest absolute Gasteiger partial charge is 0.317 e. The molecular weight excluding hydrogens is 1940 g/mol. The molecule has 31 N–H and O–H groups in total. The number of hydrogen-bond acceptors (Lipinski definition) is 28. The molecule has 0 spiro atoms. The minimum Gasteiger partial charge on any atom is -0.481 e. The third-order valence-electron chi connectivity index (χ3n) is 23.9. The number of ether oxygens (including phenoxy) is 2. The van der Waals surface area contributed by atoms with Gasteiger partial charge in [0.05, 0.1) is 71.1 Å². The molecule has 4 aromatic rings. The monoisotopic (exact) mass is 2080 g/mol. The molecule has 2 aromatic heterocycles. The zero-order chi connectivity index (χ0) is 109. The van der Waals surface area contributed by atoms with Crippen molar-refractivity contribution in [3.05, 3.63) is 90.1 Å². The maximum Gasteiger partial charge on any atom is 0.317 e. The summed E-state index contributed by atoms with van der Waals surface area (Å²) < 4.78 is 10.7. The second kappa shape index (κ2) is 69.7. The summed E-state index contributed by atoms with van der Waals surface area (Å²) >= 11 is 0. The van der Waals surface area contributed by atoms with E-state index in [-0.39, 0.29) is 140 Å². The Morgan fingerprint density at radius 3 is 1.78 bits per heavy atom. The van der Waals surface area contributed by atoms with Gasteiger partial charge in [-0.2, -0.15) is 0 Å². The van der Waals surface area contributed by atoms with E-state index in [4.69, 9.17) is 43.2 Å². The van der Waals surface area contributed by atoms with Crippen LogP contribution < -0.4 is 103 Å². The average Bonchev–Trinajstić information content (AvgIpc) is 1.64. The summed E-state index contributed by atoms with van der Waals surface area (Å²) in [6, 6.07) is 0.964. The standard InChI is InChI=1S/C54H91N13O19.C42H58N12O8/c1-3-4-17-37(50(80)56-2)63-53(83)40(28-59-45(72)30-67(31-48(76)77)32-49(78)79)66-52(82)39(26-36-27-57-35-61-36)65-51(81)38(20-21-42(55)69)64-54(84)41(33-68)62-44(71)29-60-46(73)34-86-25-24-85-23-22-58-43(70)18-15-13-11-9-7-5-6-8-10-12-14-16-19-47(74)75;43-28-15-16-35(56)47-17-7-6-13-30(36(44)57)50-39(60)33(20-25-22-49-29-12-5-4-11-27(25)29)52-37(58)31(14-8-18-48-42(45)46)51-38(59)32(19-24-9-2-1-3-10-24)53-40(61)34-21-26(55)23-54(34)41(28)62/h27,35,37-41,68H,3-26,28-34H2,1-2H3,(H2,55,69)(H,56,80)(H,57,61)(H,58,70)(H,59,72)(H,60,73)(H,62,71)(H,63,83)(H,64,84)(H,65,81)(H,66,82)(H,74,75)(H,76,77)(H,78,79);1-5,9-12,22,26,28,30-34,49,55H,6-8,13-21,23,43H2,(H2,44,57)(H,47,56)(H,50,60)(H,51,59)(H,52,58)(H,53,61)(H4,45,46,48)/t;26-,28?,30?,31?,32-,33?,34?/m.1/s1. The Labute approximate surface area is 856 Å². The first kappa shape index (κ1) is 124. The summed E-state index contributed by atoms with van der Waals surface area (Å²) in [5.41, 5.74) is 30.8. The van der Waals surface area contributed by atoms with Crippen LogP contribution in [0.1, 0.15) is 197 Å². The number of amides is 17. The molecular formula is C96H149N25O27. The van der Waals surface area contributed by atoms with Crippen molar-refractivity contribution in [3.63, 3.8) is 0 Å². The lowest BCUT2D eigenvalue weighted by atomic mass is 10.0. The van der Waals surface area contributed by atoms with Gasteiger partial charge in [-0.1, -0.05) is 133 Å². The van der Waals surface area contributed by atoms with Crippen LogP contribution in [0.2, 0.25) is 0 Å². The molecule has 2 saturated heterocycles. The SMILES string of the molecule is CCCCC(NC(=O)C(CNC(=O)CN(CC(=O)O)CC(=O)O)NC(=O)C(Cc1cnc[nH]1)NC(=O)C(CCC(N)=O)NC(=O)C(CO)NC(=O)CNC(=O)COCCOCCNC(=O)CCCCCCCCCCCCCCC(=O)O)C(=O)NC.NC(=O)C1CCCCNC(=O)CCC(N)C(=O)N2C[C@H](O)CC2C(=O)N[C@H](Cc2ccccc2)C(=O)NC(CCCN=C(N)N)C(=O)NC(Cc2c[nH]c3ccccc23)C(=O)N1. The van der Waals surface area contributed by atoms with Gasteiger partial charge in [-0.3, -0.25) is 106 Å². The molecule has 0 saturated carbocycles. The van der Waals surface area contributed by atoms with Gasteiger partial charge >= 0.3 is 17.9 Å². The molecule has 2 aliphatic rings. The van der Waals surface area contributed by atoms with Crippen molar-refractivity contribution in [2.45, 2.75) is 272 Å². The molecule has 6 rings (SSSR count). The fraction of sp³-hybridized carbons (Fsp3) is 0.604. The Morgan fingerprint density at radius 2 is 1.16 bits per heavy atom. The number of likely N-dealkylation sites (N-methyl/N-ethyl adjacent to an activating group) is 1. The largest absolute Gasteiger partial charge is 0.481 e. The number of aliphatic hydroxyl groups excluding tert-OH is 2. The number of carbonyl (C=O) groups is 20. The van der Waals surface area contributed by atoms with Crippen molar-refractivity contribution in [3.8, 4) is 0 Å². The Kier molecular flexibility index (Phi) is 58.4. The van der Waals surface area contributed by atoms with E-state index in [1.807, 2.05) is 31.2 Å². The van der Waals surface area contributed by atoms with Gasteiger partial charge < -0.3 is 153 Å². The molecule has 52 nitrogen and oxygen atoms in total. The number of carboxylic acids is 3. The van der Waals surface area contributed by atoms with Crippen LogP contribution in [0.3, 0.4) is 0 Å². The number of hydrogen-bond donors (Lipinski definition) is 26. The zero-order valence-corrected chi connectivity index (χ0v) is 83.9. The Bertz CT molecular complexity index is 4950. The number of aliphatic hydroxyl groups is 2. The average molecular weight is 2090 g/mol. The molecule has 52 heteroatoms. The molecule has 2 aliphatic heterocycles. The topological polar surface area (TPSA) is 823 Å². The predicted octanol–water partition coefficient (Wildman–Crippen LogP) is -5.23. The summed E-state index contributed by atoms with van der Waals surface area (Å²) in [6.07, 6.45) is 17.1. The number of aliphatic carboxylic acids is 3. The van der Waals surface area contributed by atoms with Crippen LogP contribution in [-0.2, 0) is 125 Å². The number of rotatable bonds is 61. The van der Waals surface area contributed by atoms with Gasteiger partial charge in [-0.25, -0.2) is 4.98 Å². The third-order valence-corrected chi connectivity index (χ3v) is 23.9. The Morgan fingerprint density at radius 1 is 0.568 bits per heavy atom. The van der Waals surface area contributed by atoms with E-state index in [9.17, 15) is 116 Å². The minimum atomic E-state index is -1.73. The number of benzene rings is 2. The maximum atomic E-state index is 14.4. The number of fused-ring (bicyclic) bond motifs is 2. The number of carboxylic acid groups (broad SMARTS) is 3. The van der Waals surface area contributed by atoms with Gasteiger partial charge in [-0.15, -0.1) is 0 Å².